The van der Waals surface area contributed by atoms with E-state index in [9.17, 15) is 4.79 Å². The van der Waals surface area contributed by atoms with Crippen molar-refractivity contribution in [3.05, 3.63) is 59.1 Å². The molecule has 25 heavy (non-hydrogen) atoms. The second-order valence-electron chi connectivity index (χ2n) is 6.53. The lowest BCUT2D eigenvalue weighted by Crippen LogP contribution is -2.28. The molecule has 2 aromatic heterocycles. The van der Waals surface area contributed by atoms with Crippen LogP contribution >= 0.6 is 0 Å². The van der Waals surface area contributed by atoms with Crippen molar-refractivity contribution in [3.8, 4) is 0 Å². The van der Waals surface area contributed by atoms with Crippen LogP contribution in [-0.2, 0) is 0 Å². The lowest BCUT2D eigenvalue weighted by molar-refractivity contribution is 0.103. The Morgan fingerprint density at radius 2 is 2.08 bits per heavy atom. The van der Waals surface area contributed by atoms with Gasteiger partial charge in [-0.25, -0.2) is 4.98 Å². The van der Waals surface area contributed by atoms with Gasteiger partial charge in [0.15, 0.2) is 0 Å². The van der Waals surface area contributed by atoms with Crippen LogP contribution in [0.2, 0.25) is 0 Å². The molecule has 0 bridgehead atoms. The molecule has 5 nitrogen and oxygen atoms in total. The van der Waals surface area contributed by atoms with Gasteiger partial charge in [-0.2, -0.15) is 0 Å². The summed E-state index contributed by atoms with van der Waals surface area (Å²) in [6.07, 6.45) is 6.46. The number of allylic oxidation sites excluding steroid dienone is 1. The third-order valence-corrected chi connectivity index (χ3v) is 4.11. The summed E-state index contributed by atoms with van der Waals surface area (Å²) in [5.41, 5.74) is 3.13. The maximum absolute atomic E-state index is 12.8. The number of rotatable bonds is 4. The molecule has 130 valence electrons. The SMILES string of the molecule is CC(C)=Cc1cncc(C(=O)c2cccc(N3CCCNCC3)n2)c1. The zero-order chi connectivity index (χ0) is 17.6. The van der Waals surface area contributed by atoms with Crippen molar-refractivity contribution in [2.75, 3.05) is 31.1 Å². The Balaban J connectivity index is 1.85. The number of carbonyl (C=O) groups is 1. The number of carbonyl (C=O) groups excluding carboxylic acids is 1. The first-order chi connectivity index (χ1) is 12.1. The molecule has 3 heterocycles. The van der Waals surface area contributed by atoms with E-state index in [0.29, 0.717) is 11.3 Å². The average molecular weight is 336 g/mol. The van der Waals surface area contributed by atoms with Crippen molar-refractivity contribution in [2.45, 2.75) is 20.3 Å². The fourth-order valence-corrected chi connectivity index (χ4v) is 2.94. The van der Waals surface area contributed by atoms with Crippen molar-refractivity contribution >= 4 is 17.7 Å². The lowest BCUT2D eigenvalue weighted by atomic mass is 10.1. The molecule has 0 atom stereocenters. The highest BCUT2D eigenvalue weighted by Crippen LogP contribution is 2.16. The number of ketones is 1. The van der Waals surface area contributed by atoms with Gasteiger partial charge in [-0.05, 0) is 50.6 Å². The van der Waals surface area contributed by atoms with Gasteiger partial charge in [-0.1, -0.05) is 17.7 Å². The fraction of sp³-hybridized carbons (Fsp3) is 0.350. The van der Waals surface area contributed by atoms with Crippen LogP contribution in [0.4, 0.5) is 5.82 Å². The minimum atomic E-state index is -0.0914. The van der Waals surface area contributed by atoms with Gasteiger partial charge in [0, 0.05) is 37.6 Å². The van der Waals surface area contributed by atoms with Crippen molar-refractivity contribution in [1.82, 2.24) is 15.3 Å². The smallest absolute Gasteiger partial charge is 0.212 e. The summed E-state index contributed by atoms with van der Waals surface area (Å²) >= 11 is 0. The van der Waals surface area contributed by atoms with Gasteiger partial charge in [0.05, 0.1) is 0 Å². The van der Waals surface area contributed by atoms with Gasteiger partial charge in [0.2, 0.25) is 5.78 Å². The molecule has 5 heteroatoms. The molecule has 0 aliphatic carbocycles. The van der Waals surface area contributed by atoms with Gasteiger partial charge in [0.25, 0.3) is 0 Å². The van der Waals surface area contributed by atoms with E-state index in [0.717, 1.165) is 44.0 Å². The molecular formula is C20H24N4O. The highest BCUT2D eigenvalue weighted by molar-refractivity contribution is 6.07. The molecule has 1 fully saturated rings. The molecule has 2 aromatic rings. The Hall–Kier alpha value is -2.53. The number of pyridine rings is 2. The van der Waals surface area contributed by atoms with Crippen LogP contribution in [0.25, 0.3) is 6.08 Å². The van der Waals surface area contributed by atoms with Gasteiger partial charge in [-0.15, -0.1) is 0 Å². The Kier molecular flexibility index (Phi) is 5.56. The van der Waals surface area contributed by atoms with Crippen LogP contribution in [0.15, 0.2) is 42.2 Å². The predicted octanol–water partition coefficient (Wildman–Crippen LogP) is 2.93. The van der Waals surface area contributed by atoms with Crippen molar-refractivity contribution in [3.63, 3.8) is 0 Å². The molecule has 1 aliphatic rings. The zero-order valence-electron chi connectivity index (χ0n) is 14.8. The van der Waals surface area contributed by atoms with E-state index < -0.39 is 0 Å². The number of nitrogens with zero attached hydrogens (tertiary/aromatic N) is 3. The Labute approximate surface area is 148 Å². The van der Waals surface area contributed by atoms with Gasteiger partial charge in [0.1, 0.15) is 11.5 Å². The molecule has 3 rings (SSSR count). The maximum atomic E-state index is 12.8. The third-order valence-electron chi connectivity index (χ3n) is 4.11. The Morgan fingerprint density at radius 3 is 2.92 bits per heavy atom. The van der Waals surface area contributed by atoms with Gasteiger partial charge >= 0.3 is 0 Å². The van der Waals surface area contributed by atoms with E-state index in [2.05, 4.69) is 20.2 Å². The van der Waals surface area contributed by atoms with Crippen LogP contribution in [0.5, 0.6) is 0 Å². The summed E-state index contributed by atoms with van der Waals surface area (Å²) in [6, 6.07) is 7.52. The van der Waals surface area contributed by atoms with E-state index >= 15 is 0 Å². The summed E-state index contributed by atoms with van der Waals surface area (Å²) in [6.45, 7) is 7.87. The molecule has 0 amide bonds. The maximum Gasteiger partial charge on any atom is 0.212 e. The highest BCUT2D eigenvalue weighted by Gasteiger charge is 2.15. The van der Waals surface area contributed by atoms with Crippen molar-refractivity contribution in [2.24, 2.45) is 0 Å². The molecule has 0 radical (unpaired) electrons. The quantitative estimate of drug-likeness (QED) is 0.870. The van der Waals surface area contributed by atoms with Gasteiger partial charge < -0.3 is 10.2 Å². The summed E-state index contributed by atoms with van der Waals surface area (Å²) in [5.74, 6) is 0.772. The van der Waals surface area contributed by atoms with Gasteiger partial charge in [-0.3, -0.25) is 9.78 Å². The minimum absolute atomic E-state index is 0.0914. The van der Waals surface area contributed by atoms with E-state index in [1.54, 1.807) is 18.5 Å². The number of hydrogen-bond acceptors (Lipinski definition) is 5. The Morgan fingerprint density at radius 1 is 1.20 bits per heavy atom. The topological polar surface area (TPSA) is 58.1 Å². The van der Waals surface area contributed by atoms with Crippen LogP contribution < -0.4 is 10.2 Å². The molecular weight excluding hydrogens is 312 g/mol. The van der Waals surface area contributed by atoms with E-state index in [-0.39, 0.29) is 5.78 Å². The van der Waals surface area contributed by atoms with Crippen molar-refractivity contribution in [1.29, 1.82) is 0 Å². The summed E-state index contributed by atoms with van der Waals surface area (Å²) in [5, 5.41) is 3.38. The van der Waals surface area contributed by atoms with Crippen LogP contribution in [0.1, 0.15) is 41.9 Å². The summed E-state index contributed by atoms with van der Waals surface area (Å²) in [4.78, 5) is 23.9. The number of aromatic nitrogens is 2. The third kappa shape index (κ3) is 4.51. The number of anilines is 1. The van der Waals surface area contributed by atoms with Crippen LogP contribution in [0.3, 0.4) is 0 Å². The predicted molar refractivity (Wildman–Crippen MR) is 101 cm³/mol. The zero-order valence-corrected chi connectivity index (χ0v) is 14.8. The first kappa shape index (κ1) is 17.3. The number of nitrogens with one attached hydrogen (secondary N) is 1. The molecule has 0 unspecified atom stereocenters. The number of hydrogen-bond donors (Lipinski definition) is 1. The van der Waals surface area contributed by atoms with E-state index in [4.69, 9.17) is 0 Å². The summed E-state index contributed by atoms with van der Waals surface area (Å²) in [7, 11) is 0. The Bertz CT molecular complexity index is 773. The largest absolute Gasteiger partial charge is 0.355 e. The second-order valence-corrected chi connectivity index (χ2v) is 6.53. The molecule has 1 aliphatic heterocycles. The molecule has 1 N–H and O–H groups in total. The monoisotopic (exact) mass is 336 g/mol. The molecule has 0 saturated carbocycles. The molecule has 0 aromatic carbocycles. The summed E-state index contributed by atoms with van der Waals surface area (Å²) < 4.78 is 0. The van der Waals surface area contributed by atoms with Crippen LogP contribution in [0, 0.1) is 0 Å². The van der Waals surface area contributed by atoms with E-state index in [1.165, 1.54) is 5.57 Å². The standard InChI is InChI=1S/C20H24N4O/c1-15(2)11-16-12-17(14-22-13-16)20(25)18-5-3-6-19(23-18)24-9-4-7-21-8-10-24/h3,5-6,11-14,21H,4,7-10H2,1-2H3. The van der Waals surface area contributed by atoms with Crippen molar-refractivity contribution < 1.29 is 4.79 Å². The molecule has 0 spiro atoms. The normalized spacial score (nSPS) is 14.7. The first-order valence-electron chi connectivity index (χ1n) is 8.71. The molecule has 1 saturated heterocycles. The lowest BCUT2D eigenvalue weighted by Gasteiger charge is -2.21. The van der Waals surface area contributed by atoms with Crippen LogP contribution in [-0.4, -0.2) is 41.9 Å². The first-order valence-corrected chi connectivity index (χ1v) is 8.71. The highest BCUT2D eigenvalue weighted by atomic mass is 16.1. The minimum Gasteiger partial charge on any atom is -0.355 e. The fourth-order valence-electron chi connectivity index (χ4n) is 2.94. The average Bonchev–Trinajstić information content (AvgIpc) is 2.90. The van der Waals surface area contributed by atoms with E-state index in [1.807, 2.05) is 38.1 Å². The second kappa shape index (κ2) is 8.03.